The van der Waals surface area contributed by atoms with Crippen LogP contribution in [-0.4, -0.2) is 36.6 Å². The Bertz CT molecular complexity index is 1090. The van der Waals surface area contributed by atoms with Gasteiger partial charge in [-0.25, -0.2) is 0 Å². The number of rotatable bonds is 6. The van der Waals surface area contributed by atoms with Crippen LogP contribution in [0.1, 0.15) is 16.7 Å². The van der Waals surface area contributed by atoms with Gasteiger partial charge in [-0.05, 0) is 73.1 Å². The molecule has 1 heterocycles. The van der Waals surface area contributed by atoms with Gasteiger partial charge in [-0.3, -0.25) is 25.0 Å². The maximum absolute atomic E-state index is 12.2. The Morgan fingerprint density at radius 1 is 1.03 bits per heavy atom. The van der Waals surface area contributed by atoms with Gasteiger partial charge in [0.15, 0.2) is 23.2 Å². The molecule has 1 saturated heterocycles. The number of amides is 3. The van der Waals surface area contributed by atoms with Crippen molar-refractivity contribution in [1.82, 2.24) is 10.6 Å². The molecule has 8 nitrogen and oxygen atoms in total. The number of hydrogen-bond acceptors (Lipinski definition) is 6. The van der Waals surface area contributed by atoms with Crippen LogP contribution in [0.3, 0.4) is 0 Å². The molecule has 3 rings (SSSR count). The van der Waals surface area contributed by atoms with Gasteiger partial charge in [0, 0.05) is 5.69 Å². The monoisotopic (exact) mass is 439 g/mol. The molecule has 0 saturated carbocycles. The third-order valence-corrected chi connectivity index (χ3v) is 4.80. The van der Waals surface area contributed by atoms with E-state index in [4.69, 9.17) is 21.7 Å². The molecule has 0 aliphatic carbocycles. The number of carbonyl (C=O) groups is 3. The minimum Gasteiger partial charge on any atom is -0.493 e. The van der Waals surface area contributed by atoms with E-state index in [1.54, 1.807) is 18.2 Å². The van der Waals surface area contributed by atoms with Crippen molar-refractivity contribution in [2.24, 2.45) is 0 Å². The summed E-state index contributed by atoms with van der Waals surface area (Å²) in [4.78, 5) is 36.2. The number of hydrogen-bond donors (Lipinski definition) is 3. The highest BCUT2D eigenvalue weighted by molar-refractivity contribution is 7.80. The van der Waals surface area contributed by atoms with E-state index >= 15 is 0 Å². The van der Waals surface area contributed by atoms with Crippen LogP contribution in [0.4, 0.5) is 5.69 Å². The number of thiocarbonyl (C=S) groups is 1. The predicted octanol–water partition coefficient (Wildman–Crippen LogP) is 2.24. The average molecular weight is 439 g/mol. The van der Waals surface area contributed by atoms with Gasteiger partial charge in [0.2, 0.25) is 0 Å². The predicted molar refractivity (Wildman–Crippen MR) is 120 cm³/mol. The highest BCUT2D eigenvalue weighted by atomic mass is 32.1. The standard InChI is InChI=1S/C22H21N3O5S/c1-12-4-6-15(8-13(12)2)23-19(26)11-30-17-7-5-14(10-18(17)29-3)9-16-20(27)24-22(31)25-21(16)28/h4-10H,11H2,1-3H3,(H,23,26)(H2,24,25,27,28,31). The number of anilines is 1. The topological polar surface area (TPSA) is 106 Å². The van der Waals surface area contributed by atoms with Crippen molar-refractivity contribution in [2.75, 3.05) is 19.0 Å². The number of aryl methyl sites for hydroxylation is 2. The molecule has 0 aromatic heterocycles. The van der Waals surface area contributed by atoms with Gasteiger partial charge in [0.05, 0.1) is 7.11 Å². The van der Waals surface area contributed by atoms with E-state index in [0.29, 0.717) is 22.7 Å². The number of benzene rings is 2. The SMILES string of the molecule is COc1cc(C=C2C(=O)NC(=S)NC2=O)ccc1OCC(=O)Nc1ccc(C)c(C)c1. The van der Waals surface area contributed by atoms with Crippen molar-refractivity contribution in [3.63, 3.8) is 0 Å². The maximum Gasteiger partial charge on any atom is 0.263 e. The Labute approximate surface area is 184 Å². The minimum absolute atomic E-state index is 0.0347. The van der Waals surface area contributed by atoms with Crippen LogP contribution in [-0.2, 0) is 14.4 Å². The van der Waals surface area contributed by atoms with E-state index in [1.165, 1.54) is 13.2 Å². The Morgan fingerprint density at radius 3 is 2.39 bits per heavy atom. The van der Waals surface area contributed by atoms with Crippen LogP contribution in [0.25, 0.3) is 6.08 Å². The first-order valence-electron chi connectivity index (χ1n) is 9.33. The molecule has 3 N–H and O–H groups in total. The van der Waals surface area contributed by atoms with E-state index in [0.717, 1.165) is 11.1 Å². The molecule has 0 spiro atoms. The Hall–Kier alpha value is -3.72. The van der Waals surface area contributed by atoms with Crippen molar-refractivity contribution >= 4 is 46.8 Å². The Kier molecular flexibility index (Phi) is 6.66. The molecule has 0 atom stereocenters. The summed E-state index contributed by atoms with van der Waals surface area (Å²) in [6.07, 6.45) is 1.41. The van der Waals surface area contributed by atoms with E-state index in [-0.39, 0.29) is 23.2 Å². The fourth-order valence-corrected chi connectivity index (χ4v) is 3.01. The van der Waals surface area contributed by atoms with Crippen LogP contribution >= 0.6 is 12.2 Å². The Balaban J connectivity index is 1.68. The molecule has 2 aromatic rings. The highest BCUT2D eigenvalue weighted by Crippen LogP contribution is 2.29. The quantitative estimate of drug-likeness (QED) is 0.362. The normalized spacial score (nSPS) is 13.3. The third kappa shape index (κ3) is 5.46. The largest absolute Gasteiger partial charge is 0.493 e. The van der Waals surface area contributed by atoms with E-state index in [2.05, 4.69) is 16.0 Å². The second-order valence-electron chi connectivity index (χ2n) is 6.84. The van der Waals surface area contributed by atoms with E-state index in [9.17, 15) is 14.4 Å². The van der Waals surface area contributed by atoms with Crippen molar-refractivity contribution in [1.29, 1.82) is 0 Å². The second-order valence-corrected chi connectivity index (χ2v) is 7.25. The summed E-state index contributed by atoms with van der Waals surface area (Å²) in [6.45, 7) is 3.75. The van der Waals surface area contributed by atoms with Crippen LogP contribution in [0.5, 0.6) is 11.5 Å². The van der Waals surface area contributed by atoms with E-state index in [1.807, 2.05) is 32.0 Å². The zero-order valence-electron chi connectivity index (χ0n) is 17.2. The van der Waals surface area contributed by atoms with Gasteiger partial charge < -0.3 is 14.8 Å². The van der Waals surface area contributed by atoms with Crippen molar-refractivity contribution in [3.05, 3.63) is 58.7 Å². The summed E-state index contributed by atoms with van der Waals surface area (Å²) in [5.41, 5.74) is 3.36. The average Bonchev–Trinajstić information content (AvgIpc) is 2.72. The lowest BCUT2D eigenvalue weighted by Crippen LogP contribution is -2.51. The molecule has 2 aromatic carbocycles. The first kappa shape index (κ1) is 22.0. The molecule has 9 heteroatoms. The molecule has 1 fully saturated rings. The molecular weight excluding hydrogens is 418 g/mol. The van der Waals surface area contributed by atoms with Crippen LogP contribution in [0, 0.1) is 13.8 Å². The second kappa shape index (κ2) is 9.40. The first-order chi connectivity index (χ1) is 14.8. The lowest BCUT2D eigenvalue weighted by atomic mass is 10.1. The zero-order chi connectivity index (χ0) is 22.5. The van der Waals surface area contributed by atoms with Gasteiger partial charge in [0.25, 0.3) is 17.7 Å². The molecule has 31 heavy (non-hydrogen) atoms. The van der Waals surface area contributed by atoms with E-state index < -0.39 is 11.8 Å². The molecular formula is C22H21N3O5S. The minimum atomic E-state index is -0.587. The maximum atomic E-state index is 12.2. The summed E-state index contributed by atoms with van der Waals surface area (Å²) in [5, 5.41) is 7.49. The summed E-state index contributed by atoms with van der Waals surface area (Å²) < 4.78 is 10.9. The third-order valence-electron chi connectivity index (χ3n) is 4.59. The molecule has 160 valence electrons. The Morgan fingerprint density at radius 2 is 1.74 bits per heavy atom. The highest BCUT2D eigenvalue weighted by Gasteiger charge is 2.25. The van der Waals surface area contributed by atoms with Gasteiger partial charge in [-0.1, -0.05) is 12.1 Å². The number of ether oxygens (including phenoxy) is 2. The zero-order valence-corrected chi connectivity index (χ0v) is 18.0. The fourth-order valence-electron chi connectivity index (χ4n) is 2.83. The molecule has 1 aliphatic heterocycles. The van der Waals surface area contributed by atoms with Gasteiger partial charge in [0.1, 0.15) is 5.57 Å². The van der Waals surface area contributed by atoms with Crippen molar-refractivity contribution < 1.29 is 23.9 Å². The molecule has 0 radical (unpaired) electrons. The summed E-state index contributed by atoms with van der Waals surface area (Å²) in [6, 6.07) is 10.5. The summed E-state index contributed by atoms with van der Waals surface area (Å²) in [7, 11) is 1.45. The summed E-state index contributed by atoms with van der Waals surface area (Å²) >= 11 is 4.78. The number of methoxy groups -OCH3 is 1. The molecule has 0 bridgehead atoms. The van der Waals surface area contributed by atoms with Gasteiger partial charge >= 0.3 is 0 Å². The van der Waals surface area contributed by atoms with Crippen LogP contribution in [0.15, 0.2) is 42.0 Å². The number of carbonyl (C=O) groups excluding carboxylic acids is 3. The lowest BCUT2D eigenvalue weighted by molar-refractivity contribution is -0.123. The van der Waals surface area contributed by atoms with Gasteiger partial charge in [-0.15, -0.1) is 0 Å². The molecule has 0 unspecified atom stereocenters. The summed E-state index contributed by atoms with van der Waals surface area (Å²) in [5.74, 6) is -0.797. The molecule has 1 aliphatic rings. The van der Waals surface area contributed by atoms with Gasteiger partial charge in [-0.2, -0.15) is 0 Å². The number of nitrogens with one attached hydrogen (secondary N) is 3. The van der Waals surface area contributed by atoms with Crippen LogP contribution < -0.4 is 25.4 Å². The fraction of sp³-hybridized carbons (Fsp3) is 0.182. The lowest BCUT2D eigenvalue weighted by Gasteiger charge is -2.16. The first-order valence-corrected chi connectivity index (χ1v) is 9.74. The van der Waals surface area contributed by atoms with Crippen molar-refractivity contribution in [2.45, 2.75) is 13.8 Å². The smallest absolute Gasteiger partial charge is 0.263 e. The van der Waals surface area contributed by atoms with Crippen LogP contribution in [0.2, 0.25) is 0 Å². The van der Waals surface area contributed by atoms with Crippen molar-refractivity contribution in [3.8, 4) is 11.5 Å². The molecule has 3 amide bonds.